The number of methoxy groups -OCH3 is 1. The molecule has 0 spiro atoms. The third-order valence-electron chi connectivity index (χ3n) is 2.99. The van der Waals surface area contributed by atoms with Gasteiger partial charge in [-0.05, 0) is 49.2 Å². The van der Waals surface area contributed by atoms with E-state index in [4.69, 9.17) is 9.47 Å². The first-order valence-corrected chi connectivity index (χ1v) is 6.72. The number of rotatable bonds is 5. The van der Waals surface area contributed by atoms with Crippen LogP contribution in [0, 0.1) is 13.8 Å². The van der Waals surface area contributed by atoms with Crippen molar-refractivity contribution in [3.63, 3.8) is 0 Å². The summed E-state index contributed by atoms with van der Waals surface area (Å²) in [5.41, 5.74) is 2.79. The second-order valence-electron chi connectivity index (χ2n) is 4.86. The van der Waals surface area contributed by atoms with Gasteiger partial charge in [-0.25, -0.2) is 0 Å². The first-order valence-electron chi connectivity index (χ1n) is 6.72. The second-order valence-corrected chi connectivity index (χ2v) is 4.86. The van der Waals surface area contributed by atoms with Crippen molar-refractivity contribution >= 4 is 11.6 Å². The molecular weight excluding hydrogens is 266 g/mol. The summed E-state index contributed by atoms with van der Waals surface area (Å²) in [5.74, 6) is 1.09. The van der Waals surface area contributed by atoms with Crippen LogP contribution in [0.5, 0.6) is 11.5 Å². The maximum Gasteiger partial charge on any atom is 0.262 e. The number of amides is 1. The van der Waals surface area contributed by atoms with Gasteiger partial charge >= 0.3 is 0 Å². The first kappa shape index (κ1) is 14.9. The zero-order valence-electron chi connectivity index (χ0n) is 12.5. The summed E-state index contributed by atoms with van der Waals surface area (Å²) in [5, 5.41) is 2.80. The lowest BCUT2D eigenvalue weighted by atomic mass is 10.2. The van der Waals surface area contributed by atoms with E-state index >= 15 is 0 Å². The van der Waals surface area contributed by atoms with Gasteiger partial charge in [0.2, 0.25) is 0 Å². The van der Waals surface area contributed by atoms with Gasteiger partial charge in [0.1, 0.15) is 11.5 Å². The average molecular weight is 285 g/mol. The molecule has 0 fully saturated rings. The number of ether oxygens (including phenoxy) is 2. The predicted molar refractivity (Wildman–Crippen MR) is 83.0 cm³/mol. The van der Waals surface area contributed by atoms with E-state index in [-0.39, 0.29) is 12.5 Å². The minimum atomic E-state index is -0.222. The van der Waals surface area contributed by atoms with Gasteiger partial charge in [0.05, 0.1) is 12.8 Å². The minimum absolute atomic E-state index is 0.0411. The molecule has 21 heavy (non-hydrogen) atoms. The molecule has 0 heterocycles. The number of carbonyl (C=O) groups excluding carboxylic acids is 1. The third kappa shape index (κ3) is 4.24. The van der Waals surface area contributed by atoms with Gasteiger partial charge in [-0.2, -0.15) is 0 Å². The fraction of sp³-hybridized carbons (Fsp3) is 0.235. The van der Waals surface area contributed by atoms with Crippen molar-refractivity contribution in [1.29, 1.82) is 0 Å². The summed E-state index contributed by atoms with van der Waals surface area (Å²) in [4.78, 5) is 12.0. The molecule has 2 aromatic carbocycles. The van der Waals surface area contributed by atoms with E-state index in [0.717, 1.165) is 11.1 Å². The van der Waals surface area contributed by atoms with E-state index in [1.807, 2.05) is 56.3 Å². The Bertz CT molecular complexity index is 638. The zero-order chi connectivity index (χ0) is 15.2. The number of hydrogen-bond acceptors (Lipinski definition) is 3. The van der Waals surface area contributed by atoms with Gasteiger partial charge in [-0.3, -0.25) is 4.79 Å². The lowest BCUT2D eigenvalue weighted by Crippen LogP contribution is -2.20. The highest BCUT2D eigenvalue weighted by Crippen LogP contribution is 2.25. The van der Waals surface area contributed by atoms with Crippen LogP contribution in [-0.4, -0.2) is 19.6 Å². The molecule has 0 saturated carbocycles. The van der Waals surface area contributed by atoms with E-state index < -0.39 is 0 Å². The fourth-order valence-corrected chi connectivity index (χ4v) is 1.96. The summed E-state index contributed by atoms with van der Waals surface area (Å²) in [7, 11) is 1.57. The molecule has 2 aromatic rings. The molecule has 1 amide bonds. The summed E-state index contributed by atoms with van der Waals surface area (Å²) in [6.45, 7) is 3.89. The third-order valence-corrected chi connectivity index (χ3v) is 2.99. The van der Waals surface area contributed by atoms with Crippen molar-refractivity contribution in [1.82, 2.24) is 0 Å². The van der Waals surface area contributed by atoms with Gasteiger partial charge in [0.15, 0.2) is 6.61 Å². The summed E-state index contributed by atoms with van der Waals surface area (Å²) in [6.07, 6.45) is 0. The van der Waals surface area contributed by atoms with Crippen LogP contribution >= 0.6 is 0 Å². The maximum atomic E-state index is 12.0. The molecular formula is C17H19NO3. The monoisotopic (exact) mass is 285 g/mol. The summed E-state index contributed by atoms with van der Waals surface area (Å²) in [6, 6.07) is 13.2. The Balaban J connectivity index is 1.97. The molecule has 0 unspecified atom stereocenters. The van der Waals surface area contributed by atoms with Gasteiger partial charge < -0.3 is 14.8 Å². The van der Waals surface area contributed by atoms with Crippen LogP contribution in [0.15, 0.2) is 42.5 Å². The summed E-state index contributed by atoms with van der Waals surface area (Å²) < 4.78 is 10.7. The molecule has 0 aliphatic carbocycles. The van der Waals surface area contributed by atoms with E-state index in [9.17, 15) is 4.79 Å². The molecule has 0 aliphatic rings. The standard InChI is InChI=1S/C17H19NO3/c1-12-5-4-6-14(9-12)21-11-17(19)18-15-10-13(2)7-8-16(15)20-3/h4-10H,11H2,1-3H3,(H,18,19). The smallest absolute Gasteiger partial charge is 0.262 e. The molecule has 0 aliphatic heterocycles. The number of aryl methyl sites for hydroxylation is 2. The summed E-state index contributed by atoms with van der Waals surface area (Å²) >= 11 is 0. The van der Waals surface area contributed by atoms with Crippen molar-refractivity contribution in [3.05, 3.63) is 53.6 Å². The SMILES string of the molecule is COc1ccc(C)cc1NC(=O)COc1cccc(C)c1. The molecule has 0 aromatic heterocycles. The van der Waals surface area contributed by atoms with E-state index in [1.165, 1.54) is 0 Å². The Morgan fingerprint density at radius 1 is 1.10 bits per heavy atom. The van der Waals surface area contributed by atoms with Gasteiger partial charge in [0, 0.05) is 0 Å². The van der Waals surface area contributed by atoms with Gasteiger partial charge in [-0.15, -0.1) is 0 Å². The molecule has 4 nitrogen and oxygen atoms in total. The van der Waals surface area contributed by atoms with E-state index in [2.05, 4.69) is 5.32 Å². The normalized spacial score (nSPS) is 10.0. The minimum Gasteiger partial charge on any atom is -0.495 e. The van der Waals surface area contributed by atoms with Crippen molar-refractivity contribution in [2.24, 2.45) is 0 Å². The second kappa shape index (κ2) is 6.79. The van der Waals surface area contributed by atoms with Crippen LogP contribution in [0.2, 0.25) is 0 Å². The Morgan fingerprint density at radius 2 is 1.86 bits per heavy atom. The maximum absolute atomic E-state index is 12.0. The number of nitrogens with one attached hydrogen (secondary N) is 1. The van der Waals surface area contributed by atoms with Crippen LogP contribution in [0.3, 0.4) is 0 Å². The largest absolute Gasteiger partial charge is 0.495 e. The van der Waals surface area contributed by atoms with E-state index in [0.29, 0.717) is 17.2 Å². The zero-order valence-corrected chi connectivity index (χ0v) is 12.5. The highest BCUT2D eigenvalue weighted by Gasteiger charge is 2.08. The number of hydrogen-bond donors (Lipinski definition) is 1. The van der Waals surface area contributed by atoms with Gasteiger partial charge in [-0.1, -0.05) is 18.2 Å². The lowest BCUT2D eigenvalue weighted by Gasteiger charge is -2.11. The van der Waals surface area contributed by atoms with E-state index in [1.54, 1.807) is 7.11 Å². The molecule has 0 atom stereocenters. The first-order chi connectivity index (χ1) is 10.1. The Morgan fingerprint density at radius 3 is 2.57 bits per heavy atom. The predicted octanol–water partition coefficient (Wildman–Crippen LogP) is 3.33. The lowest BCUT2D eigenvalue weighted by molar-refractivity contribution is -0.118. The molecule has 1 N–H and O–H groups in total. The molecule has 2 rings (SSSR count). The van der Waals surface area contributed by atoms with Crippen molar-refractivity contribution in [3.8, 4) is 11.5 Å². The number of anilines is 1. The topological polar surface area (TPSA) is 47.6 Å². The Hall–Kier alpha value is -2.49. The average Bonchev–Trinajstić information content (AvgIpc) is 2.45. The number of benzene rings is 2. The molecule has 0 bridgehead atoms. The molecule has 4 heteroatoms. The highest BCUT2D eigenvalue weighted by atomic mass is 16.5. The van der Waals surface area contributed by atoms with Crippen LogP contribution in [-0.2, 0) is 4.79 Å². The Labute approximate surface area is 124 Å². The van der Waals surface area contributed by atoms with Crippen LogP contribution in [0.1, 0.15) is 11.1 Å². The van der Waals surface area contributed by atoms with Crippen LogP contribution in [0.25, 0.3) is 0 Å². The van der Waals surface area contributed by atoms with Crippen molar-refractivity contribution < 1.29 is 14.3 Å². The molecule has 0 saturated heterocycles. The van der Waals surface area contributed by atoms with Crippen LogP contribution in [0.4, 0.5) is 5.69 Å². The Kier molecular flexibility index (Phi) is 4.82. The molecule has 0 radical (unpaired) electrons. The van der Waals surface area contributed by atoms with Crippen molar-refractivity contribution in [2.45, 2.75) is 13.8 Å². The van der Waals surface area contributed by atoms with Gasteiger partial charge in [0.25, 0.3) is 5.91 Å². The fourth-order valence-electron chi connectivity index (χ4n) is 1.96. The number of carbonyl (C=O) groups is 1. The van der Waals surface area contributed by atoms with Crippen LogP contribution < -0.4 is 14.8 Å². The molecule has 110 valence electrons. The van der Waals surface area contributed by atoms with Crippen molar-refractivity contribution in [2.75, 3.05) is 19.0 Å². The quantitative estimate of drug-likeness (QED) is 0.916. The highest BCUT2D eigenvalue weighted by molar-refractivity contribution is 5.93.